The predicted molar refractivity (Wildman–Crippen MR) is 79.5 cm³/mol. The van der Waals surface area contributed by atoms with Gasteiger partial charge < -0.3 is 0 Å². The Morgan fingerprint density at radius 3 is 2.00 bits per heavy atom. The number of hydrogen-bond acceptors (Lipinski definition) is 0. The van der Waals surface area contributed by atoms with Gasteiger partial charge in [-0.25, -0.2) is 0 Å². The van der Waals surface area contributed by atoms with Gasteiger partial charge in [0.25, 0.3) is 0 Å². The molecule has 2 aromatic rings. The van der Waals surface area contributed by atoms with Crippen molar-refractivity contribution in [3.8, 4) is 0 Å². The van der Waals surface area contributed by atoms with Gasteiger partial charge in [-0.3, -0.25) is 0 Å². The summed E-state index contributed by atoms with van der Waals surface area (Å²) < 4.78 is 0. The Labute approximate surface area is 105 Å². The summed E-state index contributed by atoms with van der Waals surface area (Å²) in [5.74, 6) is 0. The molecule has 90 valence electrons. The summed E-state index contributed by atoms with van der Waals surface area (Å²) in [6.45, 7) is 10.4. The lowest BCUT2D eigenvalue weighted by molar-refractivity contribution is 1.36. The maximum absolute atomic E-state index is 2.26. The first kappa shape index (κ1) is 13.5. The molecule has 2 aromatic carbocycles. The summed E-state index contributed by atoms with van der Waals surface area (Å²) in [6, 6.07) is 11.1. The minimum absolute atomic E-state index is 1.27. The standard InChI is InChI=1S/C15H16.C2H6/c1-4-5-13-6-7-14-8-11(2)12(3)9-15(14)10-13;1-2/h4-10H,1-3H3;1-2H3/b5-4+;. The molecule has 0 aliphatic carbocycles. The molecular weight excluding hydrogens is 204 g/mol. The molecule has 0 spiro atoms. The normalized spacial score (nSPS) is 10.4. The lowest BCUT2D eigenvalue weighted by Crippen LogP contribution is -1.82. The molecule has 0 N–H and O–H groups in total. The average molecular weight is 226 g/mol. The Bertz CT molecular complexity index is 519. The SMILES string of the molecule is C/C=C/c1ccc2cc(C)c(C)cc2c1.CC. The molecule has 2 rings (SSSR count). The molecule has 0 radical (unpaired) electrons. The Kier molecular flexibility index (Phi) is 4.96. The number of fused-ring (bicyclic) bond motifs is 1. The van der Waals surface area contributed by atoms with Crippen LogP contribution in [0.4, 0.5) is 0 Å². The van der Waals surface area contributed by atoms with E-state index in [0.29, 0.717) is 0 Å². The maximum Gasteiger partial charge on any atom is -0.0175 e. The topological polar surface area (TPSA) is 0 Å². The second-order valence-corrected chi connectivity index (χ2v) is 4.04. The van der Waals surface area contributed by atoms with Gasteiger partial charge in [0.1, 0.15) is 0 Å². The maximum atomic E-state index is 2.26. The summed E-state index contributed by atoms with van der Waals surface area (Å²) in [6.07, 6.45) is 4.21. The second kappa shape index (κ2) is 6.24. The van der Waals surface area contributed by atoms with Crippen LogP contribution in [0.5, 0.6) is 0 Å². The van der Waals surface area contributed by atoms with Crippen LogP contribution in [-0.4, -0.2) is 0 Å². The monoisotopic (exact) mass is 226 g/mol. The van der Waals surface area contributed by atoms with E-state index in [1.165, 1.54) is 27.5 Å². The Hall–Kier alpha value is -1.56. The number of aryl methyl sites for hydroxylation is 2. The zero-order valence-corrected chi connectivity index (χ0v) is 11.5. The van der Waals surface area contributed by atoms with E-state index in [1.807, 2.05) is 20.8 Å². The van der Waals surface area contributed by atoms with E-state index in [4.69, 9.17) is 0 Å². The van der Waals surface area contributed by atoms with Crippen LogP contribution < -0.4 is 0 Å². The van der Waals surface area contributed by atoms with E-state index < -0.39 is 0 Å². The third-order valence-electron chi connectivity index (χ3n) is 2.84. The fourth-order valence-electron chi connectivity index (χ4n) is 1.84. The van der Waals surface area contributed by atoms with E-state index in [0.717, 1.165) is 0 Å². The minimum Gasteiger partial charge on any atom is -0.0871 e. The third-order valence-corrected chi connectivity index (χ3v) is 2.84. The molecule has 0 fully saturated rings. The van der Waals surface area contributed by atoms with Crippen LogP contribution in [0.1, 0.15) is 37.5 Å². The lowest BCUT2D eigenvalue weighted by atomic mass is 10.0. The van der Waals surface area contributed by atoms with Crippen LogP contribution in [0.15, 0.2) is 36.4 Å². The molecule has 17 heavy (non-hydrogen) atoms. The summed E-state index contributed by atoms with van der Waals surface area (Å²) in [5.41, 5.74) is 4.00. The fourth-order valence-corrected chi connectivity index (χ4v) is 1.84. The zero-order valence-electron chi connectivity index (χ0n) is 11.5. The molecule has 0 aromatic heterocycles. The van der Waals surface area contributed by atoms with Crippen molar-refractivity contribution in [1.29, 1.82) is 0 Å². The third kappa shape index (κ3) is 3.20. The molecule has 0 amide bonds. The number of benzene rings is 2. The molecule has 0 heteroatoms. The highest BCUT2D eigenvalue weighted by Gasteiger charge is 1.98. The van der Waals surface area contributed by atoms with Crippen molar-refractivity contribution >= 4 is 16.8 Å². The van der Waals surface area contributed by atoms with Crippen molar-refractivity contribution in [3.05, 3.63) is 53.1 Å². The lowest BCUT2D eigenvalue weighted by Gasteiger charge is -2.04. The molecule has 0 atom stereocenters. The summed E-state index contributed by atoms with van der Waals surface area (Å²) in [5, 5.41) is 2.65. The Morgan fingerprint density at radius 1 is 0.824 bits per heavy atom. The highest BCUT2D eigenvalue weighted by atomic mass is 14.0. The van der Waals surface area contributed by atoms with Gasteiger partial charge in [-0.1, -0.05) is 50.3 Å². The average Bonchev–Trinajstić information content (AvgIpc) is 2.34. The molecule has 0 unspecified atom stereocenters. The fraction of sp³-hybridized carbons (Fsp3) is 0.294. The first-order chi connectivity index (χ1) is 8.20. The van der Waals surface area contributed by atoms with E-state index >= 15 is 0 Å². The summed E-state index contributed by atoms with van der Waals surface area (Å²) >= 11 is 0. The predicted octanol–water partition coefficient (Wildman–Crippen LogP) is 5.52. The van der Waals surface area contributed by atoms with Crippen LogP contribution >= 0.6 is 0 Å². The van der Waals surface area contributed by atoms with Crippen molar-refractivity contribution in [2.24, 2.45) is 0 Å². The molecule has 0 aliphatic rings. The van der Waals surface area contributed by atoms with Gasteiger partial charge in [-0.05, 0) is 54.3 Å². The number of hydrogen-bond donors (Lipinski definition) is 0. The van der Waals surface area contributed by atoms with E-state index in [9.17, 15) is 0 Å². The Balaban J connectivity index is 0.000000686. The van der Waals surface area contributed by atoms with Gasteiger partial charge >= 0.3 is 0 Å². The summed E-state index contributed by atoms with van der Waals surface area (Å²) in [4.78, 5) is 0. The van der Waals surface area contributed by atoms with Gasteiger partial charge in [0.05, 0.1) is 0 Å². The van der Waals surface area contributed by atoms with E-state index in [2.05, 4.69) is 56.3 Å². The van der Waals surface area contributed by atoms with Gasteiger partial charge in [-0.15, -0.1) is 0 Å². The van der Waals surface area contributed by atoms with E-state index in [1.54, 1.807) is 0 Å². The van der Waals surface area contributed by atoms with Gasteiger partial charge in [-0.2, -0.15) is 0 Å². The second-order valence-electron chi connectivity index (χ2n) is 4.04. The van der Waals surface area contributed by atoms with Crippen LogP contribution in [0.25, 0.3) is 16.8 Å². The Morgan fingerprint density at radius 2 is 1.41 bits per heavy atom. The molecule has 0 bridgehead atoms. The van der Waals surface area contributed by atoms with Crippen molar-refractivity contribution in [3.63, 3.8) is 0 Å². The van der Waals surface area contributed by atoms with Crippen molar-refractivity contribution in [2.75, 3.05) is 0 Å². The van der Waals surface area contributed by atoms with Crippen LogP contribution in [0.2, 0.25) is 0 Å². The van der Waals surface area contributed by atoms with Crippen molar-refractivity contribution in [2.45, 2.75) is 34.6 Å². The van der Waals surface area contributed by atoms with Crippen LogP contribution in [0.3, 0.4) is 0 Å². The largest absolute Gasteiger partial charge is 0.0871 e. The zero-order chi connectivity index (χ0) is 12.8. The first-order valence-electron chi connectivity index (χ1n) is 6.34. The molecular formula is C17H22. The van der Waals surface area contributed by atoms with Crippen LogP contribution in [-0.2, 0) is 0 Å². The highest BCUT2D eigenvalue weighted by molar-refractivity contribution is 5.86. The van der Waals surface area contributed by atoms with E-state index in [-0.39, 0.29) is 0 Å². The molecule has 0 heterocycles. The molecule has 0 saturated carbocycles. The highest BCUT2D eigenvalue weighted by Crippen LogP contribution is 2.21. The smallest absolute Gasteiger partial charge is 0.0175 e. The van der Waals surface area contributed by atoms with Crippen molar-refractivity contribution < 1.29 is 0 Å². The minimum atomic E-state index is 1.27. The first-order valence-corrected chi connectivity index (χ1v) is 6.34. The van der Waals surface area contributed by atoms with Gasteiger partial charge in [0.15, 0.2) is 0 Å². The quantitative estimate of drug-likeness (QED) is 0.601. The summed E-state index contributed by atoms with van der Waals surface area (Å²) in [7, 11) is 0. The molecule has 0 nitrogen and oxygen atoms in total. The number of allylic oxidation sites excluding steroid dienone is 1. The van der Waals surface area contributed by atoms with Crippen molar-refractivity contribution in [1.82, 2.24) is 0 Å². The number of rotatable bonds is 1. The van der Waals surface area contributed by atoms with Gasteiger partial charge in [0, 0.05) is 0 Å². The molecule has 0 aliphatic heterocycles. The van der Waals surface area contributed by atoms with Crippen LogP contribution in [0, 0.1) is 13.8 Å². The molecule has 0 saturated heterocycles. The van der Waals surface area contributed by atoms with Gasteiger partial charge in [0.2, 0.25) is 0 Å².